The lowest BCUT2D eigenvalue weighted by molar-refractivity contribution is 0.0692. The Hall–Kier alpha value is -2.82. The van der Waals surface area contributed by atoms with Crippen molar-refractivity contribution in [1.29, 1.82) is 0 Å². The molecule has 0 aliphatic heterocycles. The number of rotatable bonds is 17. The predicted molar refractivity (Wildman–Crippen MR) is 144 cm³/mol. The second-order valence-electron chi connectivity index (χ2n) is 9.48. The van der Waals surface area contributed by atoms with E-state index in [9.17, 15) is 14.7 Å². The Labute approximate surface area is 211 Å². The molecule has 0 atom stereocenters. The van der Waals surface area contributed by atoms with Crippen LogP contribution in [0.4, 0.5) is 5.69 Å². The molecule has 2 N–H and O–H groups in total. The first-order chi connectivity index (χ1) is 16.9. The Bertz CT molecular complexity index is 938. The molecule has 0 aromatic heterocycles. The van der Waals surface area contributed by atoms with E-state index in [2.05, 4.69) is 12.2 Å². The minimum atomic E-state index is -1.13. The highest BCUT2D eigenvalue weighted by Crippen LogP contribution is 2.29. The fraction of sp³-hybridized carbons (Fsp3) is 0.533. The number of unbranched alkanes of at least 4 members (excludes halogenated alkanes) is 11. The van der Waals surface area contributed by atoms with Crippen molar-refractivity contribution in [2.45, 2.75) is 97.8 Å². The van der Waals surface area contributed by atoms with Crippen LogP contribution in [-0.2, 0) is 0 Å². The van der Waals surface area contributed by atoms with E-state index in [-0.39, 0.29) is 11.1 Å². The summed E-state index contributed by atoms with van der Waals surface area (Å²) in [6.45, 7) is 6.84. The van der Waals surface area contributed by atoms with Gasteiger partial charge in [-0.15, -0.1) is 0 Å². The van der Waals surface area contributed by atoms with Crippen LogP contribution >= 0.6 is 0 Å². The van der Waals surface area contributed by atoms with Crippen LogP contribution in [0.25, 0.3) is 0 Å². The van der Waals surface area contributed by atoms with Crippen molar-refractivity contribution in [3.8, 4) is 5.75 Å². The summed E-state index contributed by atoms with van der Waals surface area (Å²) in [6, 6.07) is 10.0. The zero-order chi connectivity index (χ0) is 25.5. The molecule has 0 aliphatic carbocycles. The van der Waals surface area contributed by atoms with Crippen LogP contribution in [0.5, 0.6) is 5.75 Å². The molecule has 192 valence electrons. The molecule has 0 fully saturated rings. The van der Waals surface area contributed by atoms with Gasteiger partial charge in [-0.1, -0.05) is 89.7 Å². The molecule has 0 saturated carbocycles. The van der Waals surface area contributed by atoms with Crippen molar-refractivity contribution in [3.63, 3.8) is 0 Å². The predicted octanol–water partition coefficient (Wildman–Crippen LogP) is 8.33. The van der Waals surface area contributed by atoms with E-state index in [1.165, 1.54) is 76.3 Å². The van der Waals surface area contributed by atoms with Gasteiger partial charge in [-0.05, 0) is 55.7 Å². The van der Waals surface area contributed by atoms with Crippen molar-refractivity contribution in [3.05, 3.63) is 58.7 Å². The van der Waals surface area contributed by atoms with Crippen LogP contribution in [-0.4, -0.2) is 23.6 Å². The second-order valence-corrected chi connectivity index (χ2v) is 9.48. The average Bonchev–Trinajstić information content (AvgIpc) is 2.84. The van der Waals surface area contributed by atoms with Crippen LogP contribution in [0.3, 0.4) is 0 Å². The third-order valence-corrected chi connectivity index (χ3v) is 6.50. The minimum absolute atomic E-state index is 0.0206. The first-order valence-corrected chi connectivity index (χ1v) is 13.3. The minimum Gasteiger partial charge on any atom is -0.491 e. The van der Waals surface area contributed by atoms with Gasteiger partial charge in [-0.3, -0.25) is 4.79 Å². The fourth-order valence-corrected chi connectivity index (χ4v) is 4.19. The van der Waals surface area contributed by atoms with Crippen LogP contribution in [0.1, 0.15) is 116 Å². The molecule has 0 saturated heterocycles. The monoisotopic (exact) mass is 481 g/mol. The summed E-state index contributed by atoms with van der Waals surface area (Å²) in [5.41, 5.74) is 2.79. The van der Waals surface area contributed by atoms with E-state index in [1.54, 1.807) is 12.1 Å². The summed E-state index contributed by atoms with van der Waals surface area (Å²) in [5.74, 6) is -0.960. The summed E-state index contributed by atoms with van der Waals surface area (Å²) < 4.78 is 6.05. The molecule has 0 unspecified atom stereocenters. The zero-order valence-corrected chi connectivity index (χ0v) is 21.8. The summed E-state index contributed by atoms with van der Waals surface area (Å²) in [5, 5.41) is 12.3. The summed E-state index contributed by atoms with van der Waals surface area (Å²) in [7, 11) is 0. The third-order valence-electron chi connectivity index (χ3n) is 6.50. The molecule has 2 aromatic carbocycles. The summed E-state index contributed by atoms with van der Waals surface area (Å²) in [4.78, 5) is 24.3. The number of amides is 1. The maximum absolute atomic E-state index is 12.8. The van der Waals surface area contributed by atoms with E-state index in [1.807, 2.05) is 26.0 Å². The molecule has 5 nitrogen and oxygen atoms in total. The fourth-order valence-electron chi connectivity index (χ4n) is 4.19. The molecule has 35 heavy (non-hydrogen) atoms. The van der Waals surface area contributed by atoms with Gasteiger partial charge in [0.1, 0.15) is 5.75 Å². The Morgan fingerprint density at radius 2 is 1.29 bits per heavy atom. The Morgan fingerprint density at radius 3 is 1.86 bits per heavy atom. The lowest BCUT2D eigenvalue weighted by atomic mass is 10.1. The second kappa shape index (κ2) is 16.0. The van der Waals surface area contributed by atoms with E-state index in [4.69, 9.17) is 4.74 Å². The maximum Gasteiger partial charge on any atom is 0.336 e. The lowest BCUT2D eigenvalue weighted by Crippen LogP contribution is -2.17. The standard InChI is InChI=1S/C30H43NO4/c1-4-5-6-7-8-9-10-11-12-13-14-17-20-35-28-22-24(3)23(2)21-27(28)31-29(32)25-18-15-16-19-26(25)30(33)34/h15-16,18-19,21-22H,4-14,17,20H2,1-3H3,(H,31,32)(H,33,34). The molecule has 0 spiro atoms. The molecule has 5 heteroatoms. The van der Waals surface area contributed by atoms with Gasteiger partial charge in [0.15, 0.2) is 0 Å². The van der Waals surface area contributed by atoms with Gasteiger partial charge in [0.05, 0.1) is 23.4 Å². The van der Waals surface area contributed by atoms with Gasteiger partial charge in [0.25, 0.3) is 5.91 Å². The van der Waals surface area contributed by atoms with Crippen molar-refractivity contribution in [1.82, 2.24) is 0 Å². The number of aryl methyl sites for hydroxylation is 2. The molecule has 2 rings (SSSR count). The molecule has 0 aliphatic rings. The number of carbonyl (C=O) groups excluding carboxylic acids is 1. The molecular weight excluding hydrogens is 438 g/mol. The van der Waals surface area contributed by atoms with Gasteiger partial charge < -0.3 is 15.2 Å². The Kier molecular flexibility index (Phi) is 13.0. The van der Waals surface area contributed by atoms with Crippen molar-refractivity contribution < 1.29 is 19.4 Å². The first-order valence-electron chi connectivity index (χ1n) is 13.3. The molecular formula is C30H43NO4. The third kappa shape index (κ3) is 10.1. The van der Waals surface area contributed by atoms with Crippen LogP contribution in [0, 0.1) is 13.8 Å². The first kappa shape index (κ1) is 28.4. The number of hydrogen-bond donors (Lipinski definition) is 2. The average molecular weight is 482 g/mol. The van der Waals surface area contributed by atoms with Crippen molar-refractivity contribution >= 4 is 17.6 Å². The Balaban J connectivity index is 1.78. The molecule has 0 heterocycles. The number of nitrogens with one attached hydrogen (secondary N) is 1. The van der Waals surface area contributed by atoms with Crippen molar-refractivity contribution in [2.24, 2.45) is 0 Å². The van der Waals surface area contributed by atoms with E-state index >= 15 is 0 Å². The molecule has 2 aromatic rings. The number of carbonyl (C=O) groups is 2. The number of carboxylic acid groups (broad SMARTS) is 1. The molecule has 1 amide bonds. The molecule has 0 bridgehead atoms. The number of carboxylic acids is 1. The van der Waals surface area contributed by atoms with Gasteiger partial charge in [0.2, 0.25) is 0 Å². The SMILES string of the molecule is CCCCCCCCCCCCCCOc1cc(C)c(C)cc1NC(=O)c1ccccc1C(=O)O. The number of hydrogen-bond acceptors (Lipinski definition) is 3. The highest BCUT2D eigenvalue weighted by molar-refractivity contribution is 6.11. The van der Waals surface area contributed by atoms with Crippen LogP contribution in [0.15, 0.2) is 36.4 Å². The number of aromatic carboxylic acids is 1. The lowest BCUT2D eigenvalue weighted by Gasteiger charge is -2.16. The summed E-state index contributed by atoms with van der Waals surface area (Å²) in [6.07, 6.45) is 15.5. The van der Waals surface area contributed by atoms with E-state index in [0.717, 1.165) is 24.0 Å². The number of benzene rings is 2. The van der Waals surface area contributed by atoms with Crippen LogP contribution < -0.4 is 10.1 Å². The smallest absolute Gasteiger partial charge is 0.336 e. The van der Waals surface area contributed by atoms with Gasteiger partial charge in [-0.25, -0.2) is 4.79 Å². The number of ether oxygens (including phenoxy) is 1. The quantitative estimate of drug-likeness (QED) is 0.223. The van der Waals surface area contributed by atoms with Gasteiger partial charge in [0, 0.05) is 0 Å². The summed E-state index contributed by atoms with van der Waals surface area (Å²) >= 11 is 0. The Morgan fingerprint density at radius 1 is 0.771 bits per heavy atom. The van der Waals surface area contributed by atoms with E-state index < -0.39 is 11.9 Å². The van der Waals surface area contributed by atoms with Gasteiger partial charge in [-0.2, -0.15) is 0 Å². The van der Waals surface area contributed by atoms with Crippen LogP contribution in [0.2, 0.25) is 0 Å². The topological polar surface area (TPSA) is 75.6 Å². The highest BCUT2D eigenvalue weighted by Gasteiger charge is 2.18. The maximum atomic E-state index is 12.8. The van der Waals surface area contributed by atoms with Gasteiger partial charge >= 0.3 is 5.97 Å². The highest BCUT2D eigenvalue weighted by atomic mass is 16.5. The van der Waals surface area contributed by atoms with Crippen molar-refractivity contribution in [2.75, 3.05) is 11.9 Å². The van der Waals surface area contributed by atoms with E-state index in [0.29, 0.717) is 18.0 Å². The molecule has 0 radical (unpaired) electrons. The normalized spacial score (nSPS) is 10.8. The largest absolute Gasteiger partial charge is 0.491 e. The zero-order valence-electron chi connectivity index (χ0n) is 21.8. The number of anilines is 1.